The largest absolute Gasteiger partial charge is 0.434 e. The third-order valence-electron chi connectivity index (χ3n) is 7.52. The molecule has 0 saturated carbocycles. The maximum Gasteiger partial charge on any atom is 0.434 e. The smallest absolute Gasteiger partial charge is 0.369 e. The van der Waals surface area contributed by atoms with Gasteiger partial charge >= 0.3 is 6.18 Å². The summed E-state index contributed by atoms with van der Waals surface area (Å²) in [6.45, 7) is -0.936. The number of rotatable bonds is 13. The van der Waals surface area contributed by atoms with Crippen LogP contribution in [0.5, 0.6) is 0 Å². The predicted molar refractivity (Wildman–Crippen MR) is 166 cm³/mol. The second-order valence-corrected chi connectivity index (χ2v) is 11.1. The highest BCUT2D eigenvalue weighted by Crippen LogP contribution is 2.32. The highest BCUT2D eigenvalue weighted by atomic mass is 19.4. The maximum atomic E-state index is 14.3. The number of imidazole rings is 1. The number of primary amides is 1. The number of nitrogens with zero attached hydrogens (tertiary/aromatic N) is 3. The second kappa shape index (κ2) is 15.2. The van der Waals surface area contributed by atoms with Crippen LogP contribution >= 0.6 is 0 Å². The molecule has 1 unspecified atom stereocenters. The molecule has 254 valence electrons. The molecular weight excluding hydrogens is 652 g/mol. The first-order valence-corrected chi connectivity index (χ1v) is 14.9. The number of hydrogen-bond donors (Lipinski definition) is 2. The van der Waals surface area contributed by atoms with Crippen LogP contribution in [0.15, 0.2) is 91.3 Å². The number of ether oxygens (including phenoxy) is 1. The molecule has 0 bridgehead atoms. The number of carbonyl (C=O) groups excluding carboxylic acids is 2. The van der Waals surface area contributed by atoms with Gasteiger partial charge in [0.1, 0.15) is 36.4 Å². The minimum absolute atomic E-state index is 0.0370. The van der Waals surface area contributed by atoms with Crippen molar-refractivity contribution in [1.29, 1.82) is 0 Å². The summed E-state index contributed by atoms with van der Waals surface area (Å²) in [5.74, 6) is -5.07. The van der Waals surface area contributed by atoms with E-state index in [4.69, 9.17) is 10.5 Å². The molecule has 8 nitrogen and oxygen atoms in total. The van der Waals surface area contributed by atoms with Crippen LogP contribution in [-0.2, 0) is 41.9 Å². The summed E-state index contributed by atoms with van der Waals surface area (Å²) < 4.78 is 89.8. The molecule has 0 radical (unpaired) electrons. The van der Waals surface area contributed by atoms with Crippen LogP contribution in [0.25, 0.3) is 11.1 Å². The zero-order chi connectivity index (χ0) is 35.1. The van der Waals surface area contributed by atoms with Gasteiger partial charge in [0.05, 0.1) is 17.9 Å². The van der Waals surface area contributed by atoms with Crippen LogP contribution in [0.1, 0.15) is 44.6 Å². The molecule has 0 aliphatic heterocycles. The number of nitrogens with one attached hydrogen (secondary N) is 1. The average molecular weight is 682 g/mol. The van der Waals surface area contributed by atoms with Crippen molar-refractivity contribution in [1.82, 2.24) is 19.9 Å². The van der Waals surface area contributed by atoms with Crippen molar-refractivity contribution in [2.24, 2.45) is 5.73 Å². The van der Waals surface area contributed by atoms with Gasteiger partial charge in [-0.1, -0.05) is 42.5 Å². The van der Waals surface area contributed by atoms with Gasteiger partial charge in [0.15, 0.2) is 5.69 Å². The van der Waals surface area contributed by atoms with Gasteiger partial charge in [-0.2, -0.15) is 13.2 Å². The Morgan fingerprint density at radius 2 is 1.63 bits per heavy atom. The highest BCUT2D eigenvalue weighted by molar-refractivity contribution is 5.94. The molecule has 3 N–H and O–H groups in total. The number of pyridine rings is 1. The van der Waals surface area contributed by atoms with Gasteiger partial charge in [0, 0.05) is 36.5 Å². The molecule has 0 spiro atoms. The predicted octanol–water partition coefficient (Wildman–Crippen LogP) is 6.34. The molecule has 1 atom stereocenters. The maximum absolute atomic E-state index is 14.3. The number of carbonyl (C=O) groups is 2. The topological polar surface area (TPSA) is 112 Å². The van der Waals surface area contributed by atoms with Crippen molar-refractivity contribution in [2.75, 3.05) is 6.54 Å². The SMILES string of the molecule is NC(=O)c1cc(-c2cccnc2C(CNC(=O)Cn2cc(C(F)(F)F)nc2COCc2ccccc2)Cc2cc(F)cc(F)c2)ccc1F. The first-order valence-electron chi connectivity index (χ1n) is 14.9. The molecule has 5 aromatic rings. The zero-order valence-corrected chi connectivity index (χ0v) is 25.7. The number of halogens is 6. The van der Waals surface area contributed by atoms with Crippen LogP contribution < -0.4 is 11.1 Å². The third kappa shape index (κ3) is 9.11. The molecule has 0 saturated heterocycles. The van der Waals surface area contributed by atoms with E-state index in [1.54, 1.807) is 36.4 Å². The number of amides is 2. The Bertz CT molecular complexity index is 1930. The van der Waals surface area contributed by atoms with Gasteiger partial charge < -0.3 is 20.4 Å². The lowest BCUT2D eigenvalue weighted by Crippen LogP contribution is -2.33. The van der Waals surface area contributed by atoms with E-state index in [2.05, 4.69) is 15.3 Å². The number of hydrogen-bond acceptors (Lipinski definition) is 5. The second-order valence-electron chi connectivity index (χ2n) is 11.1. The Balaban J connectivity index is 1.40. The minimum atomic E-state index is -4.77. The number of benzene rings is 3. The Morgan fingerprint density at radius 3 is 2.33 bits per heavy atom. The molecule has 5 rings (SSSR count). The summed E-state index contributed by atoms with van der Waals surface area (Å²) in [4.78, 5) is 33.1. The van der Waals surface area contributed by atoms with Crippen molar-refractivity contribution >= 4 is 11.8 Å². The van der Waals surface area contributed by atoms with Crippen molar-refractivity contribution in [2.45, 2.75) is 38.3 Å². The van der Waals surface area contributed by atoms with Crippen LogP contribution in [0.4, 0.5) is 26.3 Å². The van der Waals surface area contributed by atoms with Crippen LogP contribution in [-0.4, -0.2) is 32.9 Å². The normalized spacial score (nSPS) is 12.1. The summed E-state index contributed by atoms with van der Waals surface area (Å²) in [6.07, 6.45) is -2.64. The first-order chi connectivity index (χ1) is 23.4. The van der Waals surface area contributed by atoms with Gasteiger partial charge in [0.25, 0.3) is 5.91 Å². The van der Waals surface area contributed by atoms with Crippen LogP contribution in [0, 0.1) is 17.5 Å². The van der Waals surface area contributed by atoms with E-state index in [-0.39, 0.29) is 43.1 Å². The fourth-order valence-electron chi connectivity index (χ4n) is 5.27. The Labute approximate surface area is 276 Å². The Kier molecular flexibility index (Phi) is 10.8. The fourth-order valence-corrected chi connectivity index (χ4v) is 5.27. The minimum Gasteiger partial charge on any atom is -0.369 e. The van der Waals surface area contributed by atoms with Crippen molar-refractivity contribution < 1.29 is 40.7 Å². The van der Waals surface area contributed by atoms with Gasteiger partial charge in [-0.25, -0.2) is 18.2 Å². The van der Waals surface area contributed by atoms with E-state index in [1.807, 2.05) is 6.07 Å². The zero-order valence-electron chi connectivity index (χ0n) is 25.7. The summed E-state index contributed by atoms with van der Waals surface area (Å²) in [7, 11) is 0. The van der Waals surface area contributed by atoms with E-state index in [0.717, 1.165) is 34.5 Å². The summed E-state index contributed by atoms with van der Waals surface area (Å²) in [6, 6.07) is 18.8. The molecule has 0 aliphatic carbocycles. The van der Waals surface area contributed by atoms with Crippen LogP contribution in [0.2, 0.25) is 0 Å². The highest BCUT2D eigenvalue weighted by Gasteiger charge is 2.35. The number of nitrogens with two attached hydrogens (primary N) is 1. The van der Waals surface area contributed by atoms with Crippen molar-refractivity contribution in [3.05, 3.63) is 143 Å². The van der Waals surface area contributed by atoms with E-state index in [9.17, 15) is 35.9 Å². The molecule has 2 amide bonds. The Morgan fingerprint density at radius 1 is 0.898 bits per heavy atom. The van der Waals surface area contributed by atoms with Crippen molar-refractivity contribution in [3.63, 3.8) is 0 Å². The molecule has 14 heteroatoms. The van der Waals surface area contributed by atoms with Gasteiger partial charge in [0.2, 0.25) is 5.91 Å². The molecule has 2 heterocycles. The monoisotopic (exact) mass is 681 g/mol. The molecule has 2 aromatic heterocycles. The first kappa shape index (κ1) is 34.8. The summed E-state index contributed by atoms with van der Waals surface area (Å²) in [5.41, 5.74) is 5.89. The van der Waals surface area contributed by atoms with Gasteiger partial charge in [-0.05, 0) is 53.4 Å². The Hall–Kier alpha value is -5.50. The lowest BCUT2D eigenvalue weighted by Gasteiger charge is -2.21. The van der Waals surface area contributed by atoms with E-state index in [1.165, 1.54) is 18.3 Å². The van der Waals surface area contributed by atoms with Crippen molar-refractivity contribution in [3.8, 4) is 11.1 Å². The van der Waals surface area contributed by atoms with E-state index in [0.29, 0.717) is 22.9 Å². The number of aromatic nitrogens is 3. The summed E-state index contributed by atoms with van der Waals surface area (Å²) >= 11 is 0. The number of alkyl halides is 3. The molecular formula is C35H29F6N5O3. The third-order valence-corrected chi connectivity index (χ3v) is 7.52. The summed E-state index contributed by atoms with van der Waals surface area (Å²) in [5, 5.41) is 2.68. The molecule has 0 aliphatic rings. The molecule has 49 heavy (non-hydrogen) atoms. The van der Waals surface area contributed by atoms with Crippen LogP contribution in [0.3, 0.4) is 0 Å². The van der Waals surface area contributed by atoms with E-state index >= 15 is 0 Å². The lowest BCUT2D eigenvalue weighted by atomic mass is 9.89. The fraction of sp³-hybridized carbons (Fsp3) is 0.200. The molecule has 3 aromatic carbocycles. The quantitative estimate of drug-likeness (QED) is 0.141. The lowest BCUT2D eigenvalue weighted by molar-refractivity contribution is -0.141. The molecule has 0 fully saturated rings. The van der Waals surface area contributed by atoms with Gasteiger partial charge in [-0.15, -0.1) is 0 Å². The van der Waals surface area contributed by atoms with Gasteiger partial charge in [-0.3, -0.25) is 14.6 Å². The standard InChI is InChI=1S/C35H29F6N5O3/c36-25-12-22(13-26(37)15-25)11-24(33-27(7-4-10-43-33)23-8-9-29(38)28(14-23)34(42)48)16-44-32(47)18-46-17-30(35(39,40)41)45-31(46)20-49-19-21-5-2-1-3-6-21/h1-10,12-15,17,24H,11,16,18-20H2,(H2,42,48)(H,44,47). The average Bonchev–Trinajstić information content (AvgIpc) is 3.46. The van der Waals surface area contributed by atoms with E-state index < -0.39 is 53.6 Å².